The van der Waals surface area contributed by atoms with E-state index in [1.165, 1.54) is 0 Å². The molecule has 0 amide bonds. The highest BCUT2D eigenvalue weighted by molar-refractivity contribution is 4.95. The molecule has 1 saturated carbocycles. The number of nitrogens with two attached hydrogens (primary N) is 1. The van der Waals surface area contributed by atoms with Crippen molar-refractivity contribution in [1.82, 2.24) is 0 Å². The lowest BCUT2D eigenvalue weighted by molar-refractivity contribution is -0.142. The number of rotatable bonds is 3. The minimum atomic E-state index is 0.109. The third-order valence-electron chi connectivity index (χ3n) is 2.01. The van der Waals surface area contributed by atoms with Gasteiger partial charge in [-0.2, -0.15) is 0 Å². The highest BCUT2D eigenvalue weighted by atomic mass is 16.5. The summed E-state index contributed by atoms with van der Waals surface area (Å²) in [6, 6.07) is 0.170. The topological polar surface area (TPSA) is 44.5 Å². The van der Waals surface area contributed by atoms with Crippen molar-refractivity contribution in [2.75, 3.05) is 7.11 Å². The molecular formula is C8H17NO2. The maximum absolute atomic E-state index is 5.69. The van der Waals surface area contributed by atoms with Crippen molar-refractivity contribution in [1.29, 1.82) is 0 Å². The van der Waals surface area contributed by atoms with E-state index in [2.05, 4.69) is 0 Å². The molecule has 1 aliphatic rings. The van der Waals surface area contributed by atoms with Gasteiger partial charge in [-0.15, -0.1) is 0 Å². The molecule has 0 radical (unpaired) electrons. The Morgan fingerprint density at radius 3 is 2.45 bits per heavy atom. The normalized spacial score (nSPS) is 37.4. The molecule has 66 valence electrons. The predicted octanol–water partition coefficient (Wildman–Crippen LogP) is 0.526. The van der Waals surface area contributed by atoms with Crippen molar-refractivity contribution < 1.29 is 9.47 Å². The lowest BCUT2D eigenvalue weighted by atomic mass is 9.86. The second-order valence-corrected chi connectivity index (χ2v) is 3.32. The van der Waals surface area contributed by atoms with Gasteiger partial charge in [0, 0.05) is 13.2 Å². The first-order valence-corrected chi connectivity index (χ1v) is 4.09. The summed E-state index contributed by atoms with van der Waals surface area (Å²) in [7, 11) is 1.68. The Balaban J connectivity index is 2.27. The second-order valence-electron chi connectivity index (χ2n) is 3.32. The van der Waals surface area contributed by atoms with Crippen LogP contribution in [0, 0.1) is 0 Å². The molecule has 0 aromatic heterocycles. The highest BCUT2D eigenvalue weighted by Gasteiger charge is 2.40. The van der Waals surface area contributed by atoms with E-state index >= 15 is 0 Å². The largest absolute Gasteiger partial charge is 0.377 e. The average molecular weight is 159 g/mol. The summed E-state index contributed by atoms with van der Waals surface area (Å²) in [6.07, 6.45) is 1.52. The molecule has 11 heavy (non-hydrogen) atoms. The van der Waals surface area contributed by atoms with E-state index in [1.807, 2.05) is 13.8 Å². The highest BCUT2D eigenvalue weighted by Crippen LogP contribution is 2.25. The molecular weight excluding hydrogens is 142 g/mol. The fourth-order valence-electron chi connectivity index (χ4n) is 1.43. The van der Waals surface area contributed by atoms with Crippen LogP contribution in [0.25, 0.3) is 0 Å². The lowest BCUT2D eigenvalue weighted by Crippen LogP contribution is -2.58. The Labute approximate surface area is 67.9 Å². The van der Waals surface area contributed by atoms with E-state index in [0.29, 0.717) is 0 Å². The van der Waals surface area contributed by atoms with Crippen molar-refractivity contribution in [3.05, 3.63) is 0 Å². The third kappa shape index (κ3) is 1.92. The van der Waals surface area contributed by atoms with Gasteiger partial charge in [0.05, 0.1) is 18.3 Å². The smallest absolute Gasteiger partial charge is 0.0984 e. The van der Waals surface area contributed by atoms with Crippen LogP contribution in [-0.4, -0.2) is 31.5 Å². The fourth-order valence-corrected chi connectivity index (χ4v) is 1.43. The number of hydrogen-bond acceptors (Lipinski definition) is 3. The molecule has 2 N–H and O–H groups in total. The summed E-state index contributed by atoms with van der Waals surface area (Å²) in [6.45, 7) is 4.05. The number of methoxy groups -OCH3 is 1. The summed E-state index contributed by atoms with van der Waals surface area (Å²) < 4.78 is 10.7. The number of ether oxygens (including phenoxy) is 2. The van der Waals surface area contributed by atoms with E-state index in [9.17, 15) is 0 Å². The Morgan fingerprint density at radius 1 is 1.45 bits per heavy atom. The SMILES string of the molecule is COC1C(N)CC1OC(C)C. The molecule has 0 aromatic rings. The van der Waals surface area contributed by atoms with Gasteiger partial charge in [-0.1, -0.05) is 0 Å². The van der Waals surface area contributed by atoms with Gasteiger partial charge in [-0.05, 0) is 20.3 Å². The Bertz CT molecular complexity index is 127. The van der Waals surface area contributed by atoms with Crippen molar-refractivity contribution in [2.45, 2.75) is 44.6 Å². The zero-order valence-corrected chi connectivity index (χ0v) is 7.41. The van der Waals surface area contributed by atoms with Gasteiger partial charge in [-0.3, -0.25) is 0 Å². The van der Waals surface area contributed by atoms with Gasteiger partial charge in [0.25, 0.3) is 0 Å². The second kappa shape index (κ2) is 3.52. The van der Waals surface area contributed by atoms with Crippen molar-refractivity contribution >= 4 is 0 Å². The van der Waals surface area contributed by atoms with Crippen LogP contribution in [0.5, 0.6) is 0 Å². The Hall–Kier alpha value is -0.120. The zero-order chi connectivity index (χ0) is 8.43. The van der Waals surface area contributed by atoms with Crippen LogP contribution in [0.15, 0.2) is 0 Å². The van der Waals surface area contributed by atoms with Crippen molar-refractivity contribution in [3.8, 4) is 0 Å². The predicted molar refractivity (Wildman–Crippen MR) is 43.4 cm³/mol. The molecule has 3 unspecified atom stereocenters. The molecule has 0 heterocycles. The van der Waals surface area contributed by atoms with Crippen LogP contribution in [0.3, 0.4) is 0 Å². The first-order valence-electron chi connectivity index (χ1n) is 4.09. The summed E-state index contributed by atoms with van der Waals surface area (Å²) in [4.78, 5) is 0. The number of hydrogen-bond donors (Lipinski definition) is 1. The minimum absolute atomic E-state index is 0.109. The Kier molecular flexibility index (Phi) is 2.87. The molecule has 0 aromatic carbocycles. The summed E-state index contributed by atoms with van der Waals surface area (Å²) in [5.41, 5.74) is 5.69. The van der Waals surface area contributed by atoms with E-state index in [1.54, 1.807) is 7.11 Å². The van der Waals surface area contributed by atoms with Gasteiger partial charge in [-0.25, -0.2) is 0 Å². The van der Waals surface area contributed by atoms with Gasteiger partial charge in [0.15, 0.2) is 0 Å². The Morgan fingerprint density at radius 2 is 2.09 bits per heavy atom. The van der Waals surface area contributed by atoms with Gasteiger partial charge in [0.1, 0.15) is 0 Å². The first-order chi connectivity index (χ1) is 5.15. The quantitative estimate of drug-likeness (QED) is 0.653. The minimum Gasteiger partial charge on any atom is -0.377 e. The molecule has 3 atom stereocenters. The molecule has 1 fully saturated rings. The van der Waals surface area contributed by atoms with Crippen molar-refractivity contribution in [2.24, 2.45) is 5.73 Å². The maximum Gasteiger partial charge on any atom is 0.0984 e. The monoisotopic (exact) mass is 159 g/mol. The fraction of sp³-hybridized carbons (Fsp3) is 1.00. The van der Waals surface area contributed by atoms with Crippen LogP contribution >= 0.6 is 0 Å². The summed E-state index contributed by atoms with van der Waals surface area (Å²) in [5, 5.41) is 0. The van der Waals surface area contributed by atoms with E-state index in [0.717, 1.165) is 6.42 Å². The van der Waals surface area contributed by atoms with Gasteiger partial charge in [0.2, 0.25) is 0 Å². The molecule has 0 aliphatic heterocycles. The lowest BCUT2D eigenvalue weighted by Gasteiger charge is -2.41. The van der Waals surface area contributed by atoms with Crippen LogP contribution in [0.4, 0.5) is 0 Å². The molecule has 3 heteroatoms. The standard InChI is InChI=1S/C8H17NO2/c1-5(2)11-7-4-6(9)8(7)10-3/h5-8H,4,9H2,1-3H3. The van der Waals surface area contributed by atoms with E-state index in [4.69, 9.17) is 15.2 Å². The zero-order valence-electron chi connectivity index (χ0n) is 7.41. The van der Waals surface area contributed by atoms with Crippen LogP contribution in [-0.2, 0) is 9.47 Å². The average Bonchev–Trinajstić information content (AvgIpc) is 1.86. The summed E-state index contributed by atoms with van der Waals surface area (Å²) >= 11 is 0. The molecule has 3 nitrogen and oxygen atoms in total. The van der Waals surface area contributed by atoms with Crippen molar-refractivity contribution in [3.63, 3.8) is 0 Å². The molecule has 0 bridgehead atoms. The summed E-state index contributed by atoms with van der Waals surface area (Å²) in [5.74, 6) is 0. The molecule has 0 spiro atoms. The van der Waals surface area contributed by atoms with E-state index in [-0.39, 0.29) is 24.4 Å². The maximum atomic E-state index is 5.69. The van der Waals surface area contributed by atoms with Gasteiger partial charge < -0.3 is 15.2 Å². The van der Waals surface area contributed by atoms with Crippen LogP contribution in [0.2, 0.25) is 0 Å². The first kappa shape index (κ1) is 8.97. The van der Waals surface area contributed by atoms with E-state index < -0.39 is 0 Å². The third-order valence-corrected chi connectivity index (χ3v) is 2.01. The van der Waals surface area contributed by atoms with Crippen LogP contribution in [0.1, 0.15) is 20.3 Å². The van der Waals surface area contributed by atoms with Crippen LogP contribution < -0.4 is 5.73 Å². The molecule has 0 saturated heterocycles. The molecule has 1 rings (SSSR count). The molecule has 1 aliphatic carbocycles. The van der Waals surface area contributed by atoms with Gasteiger partial charge >= 0.3 is 0 Å².